The number of sulfone groups is 1. The molecule has 24 heavy (non-hydrogen) atoms. The molecule has 2 rings (SSSR count). The number of hydrogen-bond donors (Lipinski definition) is 1. The van der Waals surface area contributed by atoms with Crippen LogP contribution in [0.2, 0.25) is 5.02 Å². The van der Waals surface area contributed by atoms with Crippen LogP contribution in [0, 0.1) is 0 Å². The molecule has 1 aromatic heterocycles. The van der Waals surface area contributed by atoms with Gasteiger partial charge in [-0.05, 0) is 43.7 Å². The maximum atomic E-state index is 12.4. The highest BCUT2D eigenvalue weighted by molar-refractivity contribution is 7.90. The zero-order valence-corrected chi connectivity index (χ0v) is 16.0. The van der Waals surface area contributed by atoms with E-state index in [0.29, 0.717) is 6.54 Å². The number of rotatable bonds is 6. The van der Waals surface area contributed by atoms with E-state index in [9.17, 15) is 13.2 Å². The summed E-state index contributed by atoms with van der Waals surface area (Å²) in [5.74, 6) is -0.395. The quantitative estimate of drug-likeness (QED) is 0.828. The topological polar surface area (TPSA) is 66.5 Å². The Kier molecular flexibility index (Phi) is 6.03. The van der Waals surface area contributed by atoms with Crippen molar-refractivity contribution in [3.8, 4) is 0 Å². The van der Waals surface area contributed by atoms with E-state index in [0.717, 1.165) is 11.1 Å². The molecular weight excluding hydrogens is 368 g/mol. The van der Waals surface area contributed by atoms with E-state index in [1.165, 1.54) is 18.2 Å². The summed E-state index contributed by atoms with van der Waals surface area (Å²) < 4.78 is 23.3. The average Bonchev–Trinajstić information content (AvgIpc) is 3.00. The fraction of sp³-hybridized carbons (Fsp3) is 0.312. The van der Waals surface area contributed by atoms with Crippen LogP contribution in [0.1, 0.15) is 21.3 Å². The number of thiophene rings is 1. The molecule has 0 spiro atoms. The Morgan fingerprint density at radius 3 is 2.58 bits per heavy atom. The van der Waals surface area contributed by atoms with Crippen LogP contribution in [-0.2, 0) is 9.84 Å². The van der Waals surface area contributed by atoms with Gasteiger partial charge in [0, 0.05) is 17.7 Å². The lowest BCUT2D eigenvalue weighted by Gasteiger charge is -2.23. The highest BCUT2D eigenvalue weighted by atomic mass is 35.5. The normalized spacial score (nSPS) is 13.0. The van der Waals surface area contributed by atoms with Crippen molar-refractivity contribution >= 4 is 38.7 Å². The first kappa shape index (κ1) is 18.9. The predicted molar refractivity (Wildman–Crippen MR) is 97.6 cm³/mol. The highest BCUT2D eigenvalue weighted by Gasteiger charge is 2.19. The first-order valence-electron chi connectivity index (χ1n) is 7.18. The molecule has 130 valence electrons. The number of likely N-dealkylation sites (N-methyl/N-ethyl adjacent to an activating group) is 1. The molecule has 1 amide bonds. The van der Waals surface area contributed by atoms with Crippen LogP contribution in [0.4, 0.5) is 0 Å². The number of hydrogen-bond acceptors (Lipinski definition) is 5. The molecule has 1 atom stereocenters. The minimum Gasteiger partial charge on any atom is -0.350 e. The number of nitrogens with zero attached hydrogens (tertiary/aromatic N) is 1. The van der Waals surface area contributed by atoms with Crippen LogP contribution >= 0.6 is 22.9 Å². The van der Waals surface area contributed by atoms with E-state index >= 15 is 0 Å². The molecule has 0 aliphatic heterocycles. The smallest absolute Gasteiger partial charge is 0.252 e. The molecule has 0 radical (unpaired) electrons. The van der Waals surface area contributed by atoms with Gasteiger partial charge in [0.2, 0.25) is 0 Å². The first-order valence-corrected chi connectivity index (χ1v) is 10.3. The van der Waals surface area contributed by atoms with Crippen molar-refractivity contribution in [3.05, 3.63) is 51.2 Å². The Morgan fingerprint density at radius 2 is 2.04 bits per heavy atom. The van der Waals surface area contributed by atoms with Gasteiger partial charge in [0.05, 0.1) is 21.5 Å². The van der Waals surface area contributed by atoms with Crippen molar-refractivity contribution in [3.63, 3.8) is 0 Å². The van der Waals surface area contributed by atoms with E-state index < -0.39 is 15.7 Å². The minimum atomic E-state index is -3.40. The maximum Gasteiger partial charge on any atom is 0.252 e. The second-order valence-electron chi connectivity index (χ2n) is 5.62. The standard InChI is InChI=1S/C16H19ClN2O3S2/c1-19(2)14(15-5-4-8-23-15)10-18-16(20)12-9-11(24(3,21)22)6-7-13(12)17/h4-9,14H,10H2,1-3H3,(H,18,20). The summed E-state index contributed by atoms with van der Waals surface area (Å²) in [5.41, 5.74) is 0.156. The van der Waals surface area contributed by atoms with Gasteiger partial charge in [0.15, 0.2) is 9.84 Å². The van der Waals surface area contributed by atoms with Crippen molar-refractivity contribution in [2.75, 3.05) is 26.9 Å². The van der Waals surface area contributed by atoms with Crippen LogP contribution in [-0.4, -0.2) is 46.1 Å². The van der Waals surface area contributed by atoms with Gasteiger partial charge >= 0.3 is 0 Å². The SMILES string of the molecule is CN(C)C(CNC(=O)c1cc(S(C)(=O)=O)ccc1Cl)c1cccs1. The van der Waals surface area contributed by atoms with Crippen molar-refractivity contribution in [2.24, 2.45) is 0 Å². The molecule has 0 saturated carbocycles. The summed E-state index contributed by atoms with van der Waals surface area (Å²) >= 11 is 7.67. The number of nitrogens with one attached hydrogen (secondary N) is 1. The Labute approximate surface area is 151 Å². The largest absolute Gasteiger partial charge is 0.350 e. The summed E-state index contributed by atoms with van der Waals surface area (Å²) in [4.78, 5) is 15.7. The molecule has 0 saturated heterocycles. The van der Waals surface area contributed by atoms with E-state index in [1.807, 2.05) is 36.5 Å². The molecule has 0 fully saturated rings. The maximum absolute atomic E-state index is 12.4. The van der Waals surface area contributed by atoms with Crippen LogP contribution < -0.4 is 5.32 Å². The summed E-state index contributed by atoms with van der Waals surface area (Å²) in [5, 5.41) is 5.04. The summed E-state index contributed by atoms with van der Waals surface area (Å²) in [6.45, 7) is 0.395. The summed E-state index contributed by atoms with van der Waals surface area (Å²) in [6, 6.07) is 8.13. The van der Waals surface area contributed by atoms with E-state index in [4.69, 9.17) is 11.6 Å². The third-order valence-corrected chi connectivity index (χ3v) is 5.97. The third kappa shape index (κ3) is 4.57. The zero-order chi connectivity index (χ0) is 17.9. The molecule has 0 bridgehead atoms. The molecule has 1 N–H and O–H groups in total. The lowest BCUT2D eigenvalue weighted by molar-refractivity contribution is 0.0942. The van der Waals surface area contributed by atoms with Crippen molar-refractivity contribution < 1.29 is 13.2 Å². The molecule has 1 unspecified atom stereocenters. The Morgan fingerprint density at radius 1 is 1.33 bits per heavy atom. The molecular formula is C16H19ClN2O3S2. The summed E-state index contributed by atoms with van der Waals surface area (Å²) in [6.07, 6.45) is 1.09. The molecule has 8 heteroatoms. The Bertz CT molecular complexity index is 818. The van der Waals surface area contributed by atoms with E-state index in [1.54, 1.807) is 11.3 Å². The van der Waals surface area contributed by atoms with Gasteiger partial charge in [-0.1, -0.05) is 17.7 Å². The van der Waals surface area contributed by atoms with Crippen LogP contribution in [0.3, 0.4) is 0 Å². The van der Waals surface area contributed by atoms with Crippen LogP contribution in [0.15, 0.2) is 40.6 Å². The highest BCUT2D eigenvalue weighted by Crippen LogP contribution is 2.24. The van der Waals surface area contributed by atoms with Gasteiger partial charge in [-0.3, -0.25) is 4.79 Å². The number of halogens is 1. The summed E-state index contributed by atoms with van der Waals surface area (Å²) in [7, 11) is 0.476. The fourth-order valence-electron chi connectivity index (χ4n) is 2.21. The van der Waals surface area contributed by atoms with E-state index in [-0.39, 0.29) is 21.5 Å². The number of benzene rings is 1. The lowest BCUT2D eigenvalue weighted by Crippen LogP contribution is -2.34. The second kappa shape index (κ2) is 7.65. The van der Waals surface area contributed by atoms with Crippen molar-refractivity contribution in [1.82, 2.24) is 10.2 Å². The molecule has 2 aromatic rings. The van der Waals surface area contributed by atoms with Gasteiger partial charge in [-0.25, -0.2) is 8.42 Å². The average molecular weight is 387 g/mol. The molecule has 0 aliphatic rings. The molecule has 1 aromatic carbocycles. The van der Waals surface area contributed by atoms with Crippen molar-refractivity contribution in [2.45, 2.75) is 10.9 Å². The van der Waals surface area contributed by atoms with Gasteiger partial charge in [0.1, 0.15) is 0 Å². The van der Waals surface area contributed by atoms with Gasteiger partial charge in [0.25, 0.3) is 5.91 Å². The van der Waals surface area contributed by atoms with E-state index in [2.05, 4.69) is 5.32 Å². The van der Waals surface area contributed by atoms with Gasteiger partial charge < -0.3 is 10.2 Å². The Hall–Kier alpha value is -1.41. The Balaban J connectivity index is 2.18. The zero-order valence-electron chi connectivity index (χ0n) is 13.6. The molecule has 0 aliphatic carbocycles. The second-order valence-corrected chi connectivity index (χ2v) is 9.02. The first-order chi connectivity index (χ1) is 11.2. The fourth-order valence-corrected chi connectivity index (χ4v) is 3.99. The number of amides is 1. The number of carbonyl (C=O) groups excluding carboxylic acids is 1. The monoisotopic (exact) mass is 386 g/mol. The molecule has 1 heterocycles. The van der Waals surface area contributed by atoms with Crippen LogP contribution in [0.25, 0.3) is 0 Å². The van der Waals surface area contributed by atoms with Gasteiger partial charge in [-0.2, -0.15) is 0 Å². The van der Waals surface area contributed by atoms with Gasteiger partial charge in [-0.15, -0.1) is 11.3 Å². The minimum absolute atomic E-state index is 0.0332. The lowest BCUT2D eigenvalue weighted by atomic mass is 10.2. The van der Waals surface area contributed by atoms with Crippen molar-refractivity contribution in [1.29, 1.82) is 0 Å². The van der Waals surface area contributed by atoms with Crippen LogP contribution in [0.5, 0.6) is 0 Å². The molecule has 5 nitrogen and oxygen atoms in total. The number of carbonyl (C=O) groups is 1. The predicted octanol–water partition coefficient (Wildman–Crippen LogP) is 2.84. The third-order valence-electron chi connectivity index (χ3n) is 3.56.